The van der Waals surface area contributed by atoms with Gasteiger partial charge in [-0.1, -0.05) is 11.8 Å². The number of hydrogen-bond donors (Lipinski definition) is 0. The molecule has 0 N–H and O–H groups in total. The van der Waals surface area contributed by atoms with Gasteiger partial charge in [0.25, 0.3) is 0 Å². The van der Waals surface area contributed by atoms with Crippen LogP contribution in [0.3, 0.4) is 0 Å². The maximum absolute atomic E-state index is 13.2. The Labute approximate surface area is 135 Å². The van der Waals surface area contributed by atoms with Crippen LogP contribution in [0.15, 0.2) is 53.9 Å². The Morgan fingerprint density at radius 1 is 1.13 bits per heavy atom. The lowest BCUT2D eigenvalue weighted by Crippen LogP contribution is -2.24. The van der Waals surface area contributed by atoms with E-state index >= 15 is 0 Å². The first-order chi connectivity index (χ1) is 11.1. The summed E-state index contributed by atoms with van der Waals surface area (Å²) in [6.07, 6.45) is 3.24. The van der Waals surface area contributed by atoms with Crippen molar-refractivity contribution >= 4 is 17.7 Å². The molecule has 1 aromatic carbocycles. The number of carboxylic acid groups (broad SMARTS) is 1. The molecule has 6 nitrogen and oxygen atoms in total. The molecule has 0 amide bonds. The highest BCUT2D eigenvalue weighted by Gasteiger charge is 2.16. The second kappa shape index (κ2) is 6.57. The summed E-state index contributed by atoms with van der Waals surface area (Å²) in [4.78, 5) is 14.6. The van der Waals surface area contributed by atoms with Crippen LogP contribution in [0, 0.1) is 5.82 Å². The van der Waals surface area contributed by atoms with Gasteiger partial charge in [0.15, 0.2) is 11.0 Å². The average Bonchev–Trinajstić information content (AvgIpc) is 2.98. The fourth-order valence-electron chi connectivity index (χ4n) is 2.00. The molecule has 0 unspecified atom stereocenters. The third-order valence-corrected chi connectivity index (χ3v) is 3.88. The lowest BCUT2D eigenvalue weighted by Gasteiger charge is -2.10. The van der Waals surface area contributed by atoms with E-state index < -0.39 is 5.97 Å². The molecule has 8 heteroatoms. The topological polar surface area (TPSA) is 83.7 Å². The van der Waals surface area contributed by atoms with Crippen LogP contribution in [-0.4, -0.2) is 31.5 Å². The van der Waals surface area contributed by atoms with Gasteiger partial charge < -0.3 is 9.90 Å². The zero-order chi connectivity index (χ0) is 16.2. The standard InChI is InChI=1S/C15H11FN4O2S/c16-11-1-3-12(4-2-11)20-14(10-5-7-17-8-6-10)18-19-15(20)23-9-13(21)22/h1-8H,9H2,(H,21,22)/p-1. The number of rotatable bonds is 5. The summed E-state index contributed by atoms with van der Waals surface area (Å²) in [5, 5.41) is 19.2. The van der Waals surface area contributed by atoms with Crippen molar-refractivity contribution in [3.63, 3.8) is 0 Å². The van der Waals surface area contributed by atoms with E-state index in [4.69, 9.17) is 0 Å². The van der Waals surface area contributed by atoms with Crippen LogP contribution < -0.4 is 5.11 Å². The molecule has 0 aliphatic carbocycles. The van der Waals surface area contributed by atoms with Crippen LogP contribution in [0.25, 0.3) is 17.1 Å². The van der Waals surface area contributed by atoms with Crippen LogP contribution in [0.5, 0.6) is 0 Å². The van der Waals surface area contributed by atoms with Gasteiger partial charge in [-0.25, -0.2) is 4.39 Å². The molecule has 2 aromatic heterocycles. The van der Waals surface area contributed by atoms with Gasteiger partial charge in [0.2, 0.25) is 0 Å². The Balaban J connectivity index is 2.10. The van der Waals surface area contributed by atoms with E-state index in [0.29, 0.717) is 16.7 Å². The molecule has 0 spiro atoms. The Morgan fingerprint density at radius 2 is 1.83 bits per heavy atom. The summed E-state index contributed by atoms with van der Waals surface area (Å²) in [6.45, 7) is 0. The first-order valence-electron chi connectivity index (χ1n) is 6.59. The first-order valence-corrected chi connectivity index (χ1v) is 7.58. The lowest BCUT2D eigenvalue weighted by atomic mass is 10.2. The smallest absolute Gasteiger partial charge is 0.196 e. The zero-order valence-electron chi connectivity index (χ0n) is 11.7. The summed E-state index contributed by atoms with van der Waals surface area (Å²) >= 11 is 0.988. The zero-order valence-corrected chi connectivity index (χ0v) is 12.5. The average molecular weight is 329 g/mol. The number of halogens is 1. The number of pyridine rings is 1. The molecule has 23 heavy (non-hydrogen) atoms. The van der Waals surface area contributed by atoms with Crippen molar-refractivity contribution in [2.45, 2.75) is 5.16 Å². The maximum Gasteiger partial charge on any atom is 0.196 e. The van der Waals surface area contributed by atoms with Crippen LogP contribution in [0.2, 0.25) is 0 Å². The van der Waals surface area contributed by atoms with E-state index in [1.165, 1.54) is 12.1 Å². The highest BCUT2D eigenvalue weighted by atomic mass is 32.2. The Kier molecular flexibility index (Phi) is 4.33. The number of carbonyl (C=O) groups excluding carboxylic acids is 1. The Hall–Kier alpha value is -2.74. The van der Waals surface area contributed by atoms with Crippen LogP contribution in [0.4, 0.5) is 4.39 Å². The third kappa shape index (κ3) is 3.37. The number of benzene rings is 1. The molecule has 3 aromatic rings. The molecule has 0 saturated heterocycles. The van der Waals surface area contributed by atoms with E-state index in [-0.39, 0.29) is 11.6 Å². The second-order valence-corrected chi connectivity index (χ2v) is 5.46. The number of carbonyl (C=O) groups is 1. The highest BCUT2D eigenvalue weighted by molar-refractivity contribution is 7.99. The predicted octanol–water partition coefficient (Wildman–Crippen LogP) is 1.31. The molecule has 0 radical (unpaired) electrons. The minimum atomic E-state index is -1.20. The van der Waals surface area contributed by atoms with E-state index in [1.807, 2.05) is 0 Å². The van der Waals surface area contributed by atoms with Crippen molar-refractivity contribution in [3.05, 3.63) is 54.6 Å². The SMILES string of the molecule is O=C([O-])CSc1nnc(-c2ccncc2)n1-c1ccc(F)cc1. The van der Waals surface area contributed by atoms with Gasteiger partial charge in [-0.05, 0) is 36.4 Å². The molecule has 0 aliphatic rings. The summed E-state index contributed by atoms with van der Waals surface area (Å²) in [6, 6.07) is 9.31. The van der Waals surface area contributed by atoms with Gasteiger partial charge in [-0.2, -0.15) is 0 Å². The number of hydrogen-bond acceptors (Lipinski definition) is 6. The predicted molar refractivity (Wildman–Crippen MR) is 80.3 cm³/mol. The summed E-state index contributed by atoms with van der Waals surface area (Å²) in [7, 11) is 0. The molecule has 0 atom stereocenters. The van der Waals surface area contributed by atoms with Gasteiger partial charge in [0.05, 0.1) is 5.97 Å². The van der Waals surface area contributed by atoms with Crippen molar-refractivity contribution in [1.29, 1.82) is 0 Å². The molecule has 116 valence electrons. The Morgan fingerprint density at radius 3 is 2.48 bits per heavy atom. The number of carboxylic acids is 1. The molecule has 2 heterocycles. The molecule has 3 rings (SSSR count). The molecule has 0 fully saturated rings. The van der Waals surface area contributed by atoms with Gasteiger partial charge in [-0.15, -0.1) is 10.2 Å². The number of thioether (sulfide) groups is 1. The number of nitrogens with zero attached hydrogens (tertiary/aromatic N) is 4. The van der Waals surface area contributed by atoms with Gasteiger partial charge in [0, 0.05) is 29.4 Å². The summed E-state index contributed by atoms with van der Waals surface area (Å²) in [5.74, 6) is -1.31. The van der Waals surface area contributed by atoms with E-state index in [2.05, 4.69) is 15.2 Å². The summed E-state index contributed by atoms with van der Waals surface area (Å²) in [5.41, 5.74) is 1.39. The van der Waals surface area contributed by atoms with E-state index in [1.54, 1.807) is 41.2 Å². The van der Waals surface area contributed by atoms with Gasteiger partial charge in [-0.3, -0.25) is 9.55 Å². The van der Waals surface area contributed by atoms with Gasteiger partial charge >= 0.3 is 0 Å². The van der Waals surface area contributed by atoms with Crippen molar-refractivity contribution in [1.82, 2.24) is 19.7 Å². The Bertz CT molecular complexity index is 821. The first kappa shape index (κ1) is 15.2. The lowest BCUT2D eigenvalue weighted by molar-refractivity contribution is -0.301. The fourth-order valence-corrected chi connectivity index (χ4v) is 2.66. The quantitative estimate of drug-likeness (QED) is 0.656. The number of aromatic nitrogens is 4. The fraction of sp³-hybridized carbons (Fsp3) is 0.0667. The van der Waals surface area contributed by atoms with Crippen molar-refractivity contribution in [2.24, 2.45) is 0 Å². The molecule has 0 aliphatic heterocycles. The van der Waals surface area contributed by atoms with Gasteiger partial charge in [0.1, 0.15) is 5.82 Å². The van der Waals surface area contributed by atoms with Crippen LogP contribution in [-0.2, 0) is 4.79 Å². The summed E-state index contributed by atoms with van der Waals surface area (Å²) < 4.78 is 14.8. The van der Waals surface area contributed by atoms with Crippen molar-refractivity contribution in [2.75, 3.05) is 5.75 Å². The number of aliphatic carboxylic acids is 1. The second-order valence-electron chi connectivity index (χ2n) is 4.51. The van der Waals surface area contributed by atoms with E-state index in [9.17, 15) is 14.3 Å². The third-order valence-electron chi connectivity index (χ3n) is 2.98. The van der Waals surface area contributed by atoms with Crippen molar-refractivity contribution < 1.29 is 14.3 Å². The van der Waals surface area contributed by atoms with Crippen molar-refractivity contribution in [3.8, 4) is 17.1 Å². The molecular formula is C15H10FN4O2S-. The minimum absolute atomic E-state index is 0.254. The molecular weight excluding hydrogens is 319 g/mol. The van der Waals surface area contributed by atoms with Crippen LogP contribution in [0.1, 0.15) is 0 Å². The highest BCUT2D eigenvalue weighted by Crippen LogP contribution is 2.27. The van der Waals surface area contributed by atoms with E-state index in [0.717, 1.165) is 17.3 Å². The molecule has 0 bridgehead atoms. The molecule has 0 saturated carbocycles. The minimum Gasteiger partial charge on any atom is -0.549 e. The maximum atomic E-state index is 13.2. The largest absolute Gasteiger partial charge is 0.549 e. The monoisotopic (exact) mass is 329 g/mol. The normalized spacial score (nSPS) is 10.7. The van der Waals surface area contributed by atoms with Crippen LogP contribution >= 0.6 is 11.8 Å².